The highest BCUT2D eigenvalue weighted by molar-refractivity contribution is 5.81. The third-order valence-corrected chi connectivity index (χ3v) is 5.19. The third-order valence-electron chi connectivity index (χ3n) is 5.19. The molecule has 3 aromatic heterocycles. The SMILES string of the molecule is Cn1c(CN2CCc3nc(-c4ccco4)ncc3C2)cc2ccccc21. The Morgan fingerprint density at radius 2 is 2.08 bits per heavy atom. The first kappa shape index (κ1) is 15.3. The lowest BCUT2D eigenvalue weighted by Gasteiger charge is -2.28. The first-order chi connectivity index (χ1) is 12.8. The van der Waals surface area contributed by atoms with Gasteiger partial charge in [0.2, 0.25) is 0 Å². The monoisotopic (exact) mass is 344 g/mol. The lowest BCUT2D eigenvalue weighted by Crippen LogP contribution is -2.31. The normalized spacial score (nSPS) is 14.7. The summed E-state index contributed by atoms with van der Waals surface area (Å²) in [4.78, 5) is 11.7. The minimum absolute atomic E-state index is 0.677. The predicted octanol–water partition coefficient (Wildman–Crippen LogP) is 3.79. The molecule has 0 amide bonds. The Labute approximate surface area is 151 Å². The summed E-state index contributed by atoms with van der Waals surface area (Å²) >= 11 is 0. The van der Waals surface area contributed by atoms with E-state index in [0.29, 0.717) is 5.82 Å². The molecule has 1 aromatic carbocycles. The Balaban J connectivity index is 1.38. The summed E-state index contributed by atoms with van der Waals surface area (Å²) < 4.78 is 7.71. The average molecular weight is 344 g/mol. The summed E-state index contributed by atoms with van der Waals surface area (Å²) in [5, 5.41) is 1.30. The highest BCUT2D eigenvalue weighted by Gasteiger charge is 2.20. The predicted molar refractivity (Wildman–Crippen MR) is 100 cm³/mol. The van der Waals surface area contributed by atoms with Gasteiger partial charge in [-0.1, -0.05) is 18.2 Å². The molecule has 0 unspecified atom stereocenters. The van der Waals surface area contributed by atoms with Crippen LogP contribution in [-0.2, 0) is 26.6 Å². The van der Waals surface area contributed by atoms with Gasteiger partial charge in [0.15, 0.2) is 11.6 Å². The molecule has 1 aliphatic heterocycles. The van der Waals surface area contributed by atoms with Crippen LogP contribution in [0.4, 0.5) is 0 Å². The zero-order valence-electron chi connectivity index (χ0n) is 14.7. The van der Waals surface area contributed by atoms with Crippen molar-refractivity contribution in [3.8, 4) is 11.6 Å². The smallest absolute Gasteiger partial charge is 0.195 e. The van der Waals surface area contributed by atoms with Crippen LogP contribution < -0.4 is 0 Å². The fraction of sp³-hybridized carbons (Fsp3) is 0.238. The average Bonchev–Trinajstić information content (AvgIpc) is 3.31. The van der Waals surface area contributed by atoms with Gasteiger partial charge in [0.25, 0.3) is 0 Å². The van der Waals surface area contributed by atoms with Crippen LogP contribution in [0.5, 0.6) is 0 Å². The molecule has 0 saturated heterocycles. The van der Waals surface area contributed by atoms with Gasteiger partial charge >= 0.3 is 0 Å². The minimum Gasteiger partial charge on any atom is -0.461 e. The van der Waals surface area contributed by atoms with E-state index in [1.807, 2.05) is 18.3 Å². The molecule has 4 heterocycles. The van der Waals surface area contributed by atoms with Crippen molar-refractivity contribution in [1.29, 1.82) is 0 Å². The highest BCUT2D eigenvalue weighted by atomic mass is 16.3. The number of para-hydroxylation sites is 1. The molecule has 1 aliphatic rings. The largest absolute Gasteiger partial charge is 0.461 e. The van der Waals surface area contributed by atoms with Crippen LogP contribution >= 0.6 is 0 Å². The van der Waals surface area contributed by atoms with Crippen LogP contribution in [0.3, 0.4) is 0 Å². The number of hydrogen-bond acceptors (Lipinski definition) is 4. The minimum atomic E-state index is 0.677. The van der Waals surface area contributed by atoms with Gasteiger partial charge in [-0.2, -0.15) is 0 Å². The van der Waals surface area contributed by atoms with Gasteiger partial charge in [-0.05, 0) is 29.7 Å². The zero-order chi connectivity index (χ0) is 17.5. The second-order valence-corrected chi connectivity index (χ2v) is 6.86. The Morgan fingerprint density at radius 1 is 1.15 bits per heavy atom. The maximum Gasteiger partial charge on any atom is 0.195 e. The van der Waals surface area contributed by atoms with Crippen molar-refractivity contribution < 1.29 is 4.42 Å². The molecule has 26 heavy (non-hydrogen) atoms. The number of nitrogens with zero attached hydrogens (tertiary/aromatic N) is 4. The van der Waals surface area contributed by atoms with Gasteiger partial charge in [-0.15, -0.1) is 0 Å². The fourth-order valence-corrected chi connectivity index (χ4v) is 3.76. The van der Waals surface area contributed by atoms with Crippen molar-refractivity contribution in [2.24, 2.45) is 7.05 Å². The second-order valence-electron chi connectivity index (χ2n) is 6.86. The molecular weight excluding hydrogens is 324 g/mol. The number of furan rings is 1. The zero-order valence-corrected chi connectivity index (χ0v) is 14.7. The number of aromatic nitrogens is 3. The van der Waals surface area contributed by atoms with Crippen molar-refractivity contribution in [2.45, 2.75) is 19.5 Å². The summed E-state index contributed by atoms with van der Waals surface area (Å²) in [6.07, 6.45) is 4.55. The van der Waals surface area contributed by atoms with E-state index in [0.717, 1.165) is 37.5 Å². The van der Waals surface area contributed by atoms with Gasteiger partial charge in [0, 0.05) is 56.1 Å². The van der Waals surface area contributed by atoms with E-state index in [4.69, 9.17) is 9.40 Å². The molecule has 0 radical (unpaired) electrons. The molecule has 130 valence electrons. The van der Waals surface area contributed by atoms with Gasteiger partial charge < -0.3 is 8.98 Å². The van der Waals surface area contributed by atoms with Gasteiger partial charge in [-0.25, -0.2) is 9.97 Å². The maximum atomic E-state index is 5.41. The molecule has 0 fully saturated rings. The fourth-order valence-electron chi connectivity index (χ4n) is 3.76. The van der Waals surface area contributed by atoms with Crippen LogP contribution in [0.2, 0.25) is 0 Å². The second kappa shape index (κ2) is 6.11. The molecular formula is C21H20N4O. The molecule has 0 spiro atoms. The summed E-state index contributed by atoms with van der Waals surface area (Å²) in [6, 6.07) is 14.6. The molecule has 0 saturated carbocycles. The molecule has 5 rings (SSSR count). The molecule has 0 atom stereocenters. The van der Waals surface area contributed by atoms with Crippen molar-refractivity contribution in [1.82, 2.24) is 19.4 Å². The van der Waals surface area contributed by atoms with E-state index in [-0.39, 0.29) is 0 Å². The van der Waals surface area contributed by atoms with E-state index in [1.54, 1.807) is 6.26 Å². The summed E-state index contributed by atoms with van der Waals surface area (Å²) in [5.41, 5.74) is 4.97. The highest BCUT2D eigenvalue weighted by Crippen LogP contribution is 2.24. The topological polar surface area (TPSA) is 47.1 Å². The number of benzene rings is 1. The molecule has 5 heteroatoms. The number of aryl methyl sites for hydroxylation is 1. The van der Waals surface area contributed by atoms with Crippen molar-refractivity contribution in [3.05, 3.63) is 71.9 Å². The molecule has 4 aromatic rings. The van der Waals surface area contributed by atoms with Crippen LogP contribution in [0, 0.1) is 0 Å². The van der Waals surface area contributed by atoms with Crippen LogP contribution in [0.25, 0.3) is 22.5 Å². The molecule has 0 N–H and O–H groups in total. The quantitative estimate of drug-likeness (QED) is 0.567. The van der Waals surface area contributed by atoms with Gasteiger partial charge in [-0.3, -0.25) is 4.90 Å². The lowest BCUT2D eigenvalue weighted by atomic mass is 10.1. The molecule has 5 nitrogen and oxygen atoms in total. The van der Waals surface area contributed by atoms with Crippen LogP contribution in [0.15, 0.2) is 59.3 Å². The Hall–Kier alpha value is -2.92. The van der Waals surface area contributed by atoms with E-state index >= 15 is 0 Å². The summed E-state index contributed by atoms with van der Waals surface area (Å²) in [6.45, 7) is 2.82. The van der Waals surface area contributed by atoms with E-state index < -0.39 is 0 Å². The standard InChI is InChI=1S/C21H20N4O/c1-24-17(11-15-5-2-3-6-19(15)24)14-25-9-8-18-16(13-25)12-22-21(23-18)20-7-4-10-26-20/h2-7,10-12H,8-9,13-14H2,1H3. The third kappa shape index (κ3) is 2.61. The first-order valence-corrected chi connectivity index (χ1v) is 8.92. The van der Waals surface area contributed by atoms with Gasteiger partial charge in [0.05, 0.1) is 12.0 Å². The van der Waals surface area contributed by atoms with E-state index in [1.165, 1.54) is 22.2 Å². The number of rotatable bonds is 3. The van der Waals surface area contributed by atoms with E-state index in [2.05, 4.69) is 51.8 Å². The first-order valence-electron chi connectivity index (χ1n) is 8.92. The van der Waals surface area contributed by atoms with Gasteiger partial charge in [0.1, 0.15) is 0 Å². The summed E-state index contributed by atoms with van der Waals surface area (Å²) in [7, 11) is 2.15. The lowest BCUT2D eigenvalue weighted by molar-refractivity contribution is 0.238. The Kier molecular flexibility index (Phi) is 3.60. The van der Waals surface area contributed by atoms with Crippen LogP contribution in [0.1, 0.15) is 17.0 Å². The van der Waals surface area contributed by atoms with Crippen molar-refractivity contribution in [2.75, 3.05) is 6.54 Å². The van der Waals surface area contributed by atoms with Crippen molar-refractivity contribution >= 4 is 10.9 Å². The number of hydrogen-bond donors (Lipinski definition) is 0. The molecule has 0 aliphatic carbocycles. The number of fused-ring (bicyclic) bond motifs is 2. The maximum absolute atomic E-state index is 5.41. The summed E-state index contributed by atoms with van der Waals surface area (Å²) in [5.74, 6) is 1.40. The molecule has 0 bridgehead atoms. The Bertz CT molecular complexity index is 1070. The van der Waals surface area contributed by atoms with E-state index in [9.17, 15) is 0 Å². The Morgan fingerprint density at radius 3 is 2.92 bits per heavy atom. The van der Waals surface area contributed by atoms with Crippen molar-refractivity contribution in [3.63, 3.8) is 0 Å². The van der Waals surface area contributed by atoms with Crippen LogP contribution in [-0.4, -0.2) is 26.0 Å².